The normalized spacial score (nSPS) is 11.9. The largest absolute Gasteiger partial charge is 0.325 e. The molecule has 0 spiro atoms. The first kappa shape index (κ1) is 21.7. The Balaban J connectivity index is 1.78. The van der Waals surface area contributed by atoms with Gasteiger partial charge in [0.15, 0.2) is 11.0 Å². The molecule has 3 aromatic rings. The third kappa shape index (κ3) is 5.54. The predicted molar refractivity (Wildman–Crippen MR) is 121 cm³/mol. The number of hydrogen-bond donors (Lipinski definition) is 1. The lowest BCUT2D eigenvalue weighted by Crippen LogP contribution is -2.23. The van der Waals surface area contributed by atoms with Gasteiger partial charge in [-0.2, -0.15) is 0 Å². The van der Waals surface area contributed by atoms with E-state index in [1.165, 1.54) is 11.8 Å². The van der Waals surface area contributed by atoms with Crippen LogP contribution in [0.3, 0.4) is 0 Å². The molecule has 0 aliphatic rings. The van der Waals surface area contributed by atoms with Gasteiger partial charge in [-0.3, -0.25) is 9.36 Å². The molecule has 1 aromatic heterocycles. The number of amides is 1. The average molecular weight is 468 g/mol. The topological polar surface area (TPSA) is 59.8 Å². The molecule has 0 saturated heterocycles. The van der Waals surface area contributed by atoms with Crippen molar-refractivity contribution in [3.8, 4) is 11.4 Å². The van der Waals surface area contributed by atoms with Crippen molar-refractivity contribution in [3.63, 3.8) is 0 Å². The van der Waals surface area contributed by atoms with Crippen LogP contribution >= 0.6 is 46.6 Å². The smallest absolute Gasteiger partial charge is 0.237 e. The van der Waals surface area contributed by atoms with Crippen LogP contribution in [-0.4, -0.2) is 25.9 Å². The van der Waals surface area contributed by atoms with E-state index in [9.17, 15) is 4.79 Å². The summed E-state index contributed by atoms with van der Waals surface area (Å²) in [4.78, 5) is 12.6. The molecule has 0 bridgehead atoms. The maximum atomic E-state index is 12.6. The van der Waals surface area contributed by atoms with Crippen molar-refractivity contribution < 1.29 is 4.79 Å². The van der Waals surface area contributed by atoms with Crippen LogP contribution in [0.15, 0.2) is 60.3 Å². The number of hydrogen-bond acceptors (Lipinski definition) is 4. The first-order valence-corrected chi connectivity index (χ1v) is 10.6. The summed E-state index contributed by atoms with van der Waals surface area (Å²) in [5.74, 6) is 0.479. The predicted octanol–water partition coefficient (Wildman–Crippen LogP) is 6.21. The molecule has 3 rings (SSSR count). The summed E-state index contributed by atoms with van der Waals surface area (Å²) < 4.78 is 1.90. The minimum Gasteiger partial charge on any atom is -0.325 e. The number of nitrogens with one attached hydrogen (secondary N) is 1. The molecular weight excluding hydrogens is 451 g/mol. The Morgan fingerprint density at radius 3 is 2.41 bits per heavy atom. The molecule has 5 nitrogen and oxygen atoms in total. The third-order valence-corrected chi connectivity index (χ3v) is 5.68. The van der Waals surface area contributed by atoms with Crippen LogP contribution in [0.25, 0.3) is 11.4 Å². The number of thioether (sulfide) groups is 1. The third-order valence-electron chi connectivity index (χ3n) is 3.91. The van der Waals surface area contributed by atoms with Crippen LogP contribution in [0.5, 0.6) is 0 Å². The second kappa shape index (κ2) is 9.67. The Labute approximate surface area is 188 Å². The molecule has 0 saturated carbocycles. The van der Waals surface area contributed by atoms with Gasteiger partial charge in [0, 0.05) is 32.9 Å². The molecule has 150 valence electrons. The highest BCUT2D eigenvalue weighted by atomic mass is 35.5. The number of aromatic nitrogens is 3. The lowest BCUT2D eigenvalue weighted by Gasteiger charge is -2.13. The van der Waals surface area contributed by atoms with Crippen molar-refractivity contribution in [2.45, 2.75) is 23.9 Å². The summed E-state index contributed by atoms with van der Waals surface area (Å²) in [7, 11) is 0. The van der Waals surface area contributed by atoms with Gasteiger partial charge in [0.05, 0.1) is 5.25 Å². The van der Waals surface area contributed by atoms with Gasteiger partial charge in [-0.25, -0.2) is 0 Å². The fourth-order valence-electron chi connectivity index (χ4n) is 2.56. The van der Waals surface area contributed by atoms with E-state index in [2.05, 4.69) is 22.1 Å². The minimum absolute atomic E-state index is 0.200. The van der Waals surface area contributed by atoms with Crippen LogP contribution < -0.4 is 5.32 Å². The quantitative estimate of drug-likeness (QED) is 0.331. The van der Waals surface area contributed by atoms with E-state index in [0.29, 0.717) is 38.3 Å². The van der Waals surface area contributed by atoms with Crippen molar-refractivity contribution in [2.75, 3.05) is 5.32 Å². The molecule has 1 unspecified atom stereocenters. The molecule has 0 aliphatic carbocycles. The van der Waals surface area contributed by atoms with Crippen molar-refractivity contribution in [2.24, 2.45) is 0 Å². The first-order valence-electron chi connectivity index (χ1n) is 8.61. The maximum absolute atomic E-state index is 12.6. The molecule has 9 heteroatoms. The number of allylic oxidation sites excluding steroid dienone is 1. The molecule has 0 fully saturated rings. The Hall–Kier alpha value is -1.99. The van der Waals surface area contributed by atoms with Gasteiger partial charge < -0.3 is 5.32 Å². The van der Waals surface area contributed by atoms with Crippen molar-refractivity contribution in [1.29, 1.82) is 0 Å². The number of anilines is 1. The highest BCUT2D eigenvalue weighted by Crippen LogP contribution is 2.29. The second-order valence-electron chi connectivity index (χ2n) is 6.12. The van der Waals surface area contributed by atoms with E-state index in [0.717, 1.165) is 5.56 Å². The van der Waals surface area contributed by atoms with E-state index in [1.54, 1.807) is 43.3 Å². The van der Waals surface area contributed by atoms with E-state index in [-0.39, 0.29) is 5.91 Å². The molecular formula is C20H17Cl3N4OS. The van der Waals surface area contributed by atoms with Crippen molar-refractivity contribution in [1.82, 2.24) is 14.8 Å². The van der Waals surface area contributed by atoms with Gasteiger partial charge in [-0.1, -0.05) is 52.6 Å². The van der Waals surface area contributed by atoms with E-state index >= 15 is 0 Å². The van der Waals surface area contributed by atoms with E-state index < -0.39 is 5.25 Å². The summed E-state index contributed by atoms with van der Waals surface area (Å²) in [5, 5.41) is 13.1. The number of rotatable bonds is 7. The Morgan fingerprint density at radius 2 is 1.79 bits per heavy atom. The monoisotopic (exact) mass is 466 g/mol. The Kier molecular flexibility index (Phi) is 7.24. The summed E-state index contributed by atoms with van der Waals surface area (Å²) in [5.41, 5.74) is 1.41. The fraction of sp³-hybridized carbons (Fsp3) is 0.150. The van der Waals surface area contributed by atoms with Crippen LogP contribution in [0.1, 0.15) is 6.92 Å². The highest BCUT2D eigenvalue weighted by molar-refractivity contribution is 8.00. The molecule has 29 heavy (non-hydrogen) atoms. The average Bonchev–Trinajstić information content (AvgIpc) is 3.04. The summed E-state index contributed by atoms with van der Waals surface area (Å²) in [6, 6.07) is 12.2. The van der Waals surface area contributed by atoms with Crippen molar-refractivity contribution in [3.05, 3.63) is 70.2 Å². The van der Waals surface area contributed by atoms with E-state index in [4.69, 9.17) is 34.8 Å². The van der Waals surface area contributed by atoms with Crippen LogP contribution in [0, 0.1) is 0 Å². The zero-order valence-corrected chi connectivity index (χ0v) is 18.5. The molecule has 1 heterocycles. The Bertz CT molecular complexity index is 1020. The lowest BCUT2D eigenvalue weighted by atomic mass is 10.2. The zero-order chi connectivity index (χ0) is 21.0. The van der Waals surface area contributed by atoms with Gasteiger partial charge in [0.25, 0.3) is 0 Å². The second-order valence-corrected chi connectivity index (χ2v) is 8.74. The molecule has 2 aromatic carbocycles. The summed E-state index contributed by atoms with van der Waals surface area (Å²) in [6.07, 6.45) is 1.76. The van der Waals surface area contributed by atoms with Gasteiger partial charge in [-0.05, 0) is 49.4 Å². The maximum Gasteiger partial charge on any atom is 0.237 e. The van der Waals surface area contributed by atoms with Crippen LogP contribution in [-0.2, 0) is 11.3 Å². The number of carbonyl (C=O) groups is 1. The van der Waals surface area contributed by atoms with Gasteiger partial charge in [0.2, 0.25) is 5.91 Å². The molecule has 1 atom stereocenters. The SMILES string of the molecule is C=CCn1c(SC(C)C(=O)Nc2cc(Cl)cc(Cl)c2)nnc1-c1ccc(Cl)cc1. The molecule has 1 N–H and O–H groups in total. The van der Waals surface area contributed by atoms with Crippen LogP contribution in [0.2, 0.25) is 15.1 Å². The van der Waals surface area contributed by atoms with Crippen molar-refractivity contribution >= 4 is 58.2 Å². The van der Waals surface area contributed by atoms with Crippen LogP contribution in [0.4, 0.5) is 5.69 Å². The standard InChI is InChI=1S/C20H17Cl3N4OS/c1-3-8-27-18(13-4-6-14(21)7-5-13)25-26-20(27)29-12(2)19(28)24-17-10-15(22)9-16(23)11-17/h3-7,9-12H,1,8H2,2H3,(H,24,28). The highest BCUT2D eigenvalue weighted by Gasteiger charge is 2.21. The fourth-order valence-corrected chi connectivity index (χ4v) is 4.07. The number of benzene rings is 2. The minimum atomic E-state index is -0.432. The summed E-state index contributed by atoms with van der Waals surface area (Å²) >= 11 is 19.3. The number of halogens is 3. The molecule has 0 radical (unpaired) electrons. The number of carbonyl (C=O) groups excluding carboxylic acids is 1. The summed E-state index contributed by atoms with van der Waals surface area (Å²) in [6.45, 7) is 6.10. The molecule has 1 amide bonds. The Morgan fingerprint density at radius 1 is 1.14 bits per heavy atom. The van der Waals surface area contributed by atoms with Gasteiger partial charge in [-0.15, -0.1) is 16.8 Å². The molecule has 0 aliphatic heterocycles. The van der Waals surface area contributed by atoms with Gasteiger partial charge in [0.1, 0.15) is 0 Å². The van der Waals surface area contributed by atoms with E-state index in [1.807, 2.05) is 16.7 Å². The zero-order valence-electron chi connectivity index (χ0n) is 15.4. The first-order chi connectivity index (χ1) is 13.9. The van der Waals surface area contributed by atoms with Gasteiger partial charge >= 0.3 is 0 Å². The lowest BCUT2D eigenvalue weighted by molar-refractivity contribution is -0.115. The number of nitrogens with zero attached hydrogens (tertiary/aromatic N) is 3.